The average Bonchev–Trinajstić information content (AvgIpc) is 2.54. The van der Waals surface area contributed by atoms with Gasteiger partial charge in [-0.25, -0.2) is 0 Å². The molecule has 2 atom stereocenters. The first-order chi connectivity index (χ1) is 10.6. The summed E-state index contributed by atoms with van der Waals surface area (Å²) in [7, 11) is 3.16. The van der Waals surface area contributed by atoms with Gasteiger partial charge in [0.25, 0.3) is 0 Å². The molecule has 0 aliphatic rings. The zero-order valence-electron chi connectivity index (χ0n) is 12.6. The average molecular weight is 366 g/mol. The van der Waals surface area contributed by atoms with Crippen LogP contribution < -0.4 is 15.2 Å². The van der Waals surface area contributed by atoms with Crippen molar-refractivity contribution >= 4 is 15.9 Å². The molecule has 0 heterocycles. The van der Waals surface area contributed by atoms with E-state index in [1.165, 1.54) is 0 Å². The van der Waals surface area contributed by atoms with Crippen LogP contribution in [-0.4, -0.2) is 25.4 Å². The summed E-state index contributed by atoms with van der Waals surface area (Å²) in [5.74, 6) is 1.27. The third-order valence-electron chi connectivity index (χ3n) is 3.57. The van der Waals surface area contributed by atoms with Crippen molar-refractivity contribution in [2.75, 3.05) is 14.2 Å². The SMILES string of the molecule is COc1cc([C@H](N)[C@H](O)Cc2ccccc2)c(OC)cc1Br. The molecule has 0 saturated carbocycles. The zero-order chi connectivity index (χ0) is 16.1. The minimum Gasteiger partial charge on any atom is -0.496 e. The number of rotatable bonds is 6. The van der Waals surface area contributed by atoms with Crippen LogP contribution in [0, 0.1) is 0 Å². The maximum atomic E-state index is 10.4. The maximum Gasteiger partial charge on any atom is 0.133 e. The zero-order valence-corrected chi connectivity index (χ0v) is 14.2. The van der Waals surface area contributed by atoms with Crippen LogP contribution in [0.5, 0.6) is 11.5 Å². The summed E-state index contributed by atoms with van der Waals surface area (Å²) < 4.78 is 11.4. The molecule has 4 nitrogen and oxygen atoms in total. The molecular weight excluding hydrogens is 346 g/mol. The van der Waals surface area contributed by atoms with Gasteiger partial charge in [0.2, 0.25) is 0 Å². The van der Waals surface area contributed by atoms with Crippen LogP contribution >= 0.6 is 15.9 Å². The van der Waals surface area contributed by atoms with Gasteiger partial charge in [-0.1, -0.05) is 30.3 Å². The van der Waals surface area contributed by atoms with Crippen LogP contribution in [0.4, 0.5) is 0 Å². The van der Waals surface area contributed by atoms with E-state index >= 15 is 0 Å². The van der Waals surface area contributed by atoms with Gasteiger partial charge in [0, 0.05) is 12.0 Å². The second-order valence-electron chi connectivity index (χ2n) is 5.01. The van der Waals surface area contributed by atoms with E-state index in [1.807, 2.05) is 30.3 Å². The van der Waals surface area contributed by atoms with Crippen molar-refractivity contribution in [3.05, 3.63) is 58.1 Å². The molecule has 22 heavy (non-hydrogen) atoms. The van der Waals surface area contributed by atoms with Gasteiger partial charge in [-0.15, -0.1) is 0 Å². The van der Waals surface area contributed by atoms with Crippen LogP contribution in [-0.2, 0) is 6.42 Å². The number of halogens is 1. The topological polar surface area (TPSA) is 64.7 Å². The number of hydrogen-bond acceptors (Lipinski definition) is 4. The third kappa shape index (κ3) is 3.80. The third-order valence-corrected chi connectivity index (χ3v) is 4.19. The molecule has 0 radical (unpaired) electrons. The second-order valence-corrected chi connectivity index (χ2v) is 5.87. The monoisotopic (exact) mass is 365 g/mol. The number of methoxy groups -OCH3 is 2. The molecule has 2 rings (SSSR count). The van der Waals surface area contributed by atoms with Crippen molar-refractivity contribution in [3.63, 3.8) is 0 Å². The van der Waals surface area contributed by atoms with E-state index in [4.69, 9.17) is 15.2 Å². The first-order valence-electron chi connectivity index (χ1n) is 6.95. The summed E-state index contributed by atoms with van der Waals surface area (Å²) in [6.45, 7) is 0. The molecule has 0 aliphatic carbocycles. The smallest absolute Gasteiger partial charge is 0.133 e. The quantitative estimate of drug-likeness (QED) is 0.825. The lowest BCUT2D eigenvalue weighted by Crippen LogP contribution is -2.28. The Morgan fingerprint density at radius 2 is 1.73 bits per heavy atom. The van der Waals surface area contributed by atoms with Gasteiger partial charge >= 0.3 is 0 Å². The minimum absolute atomic E-state index is 0.476. The van der Waals surface area contributed by atoms with Gasteiger partial charge in [-0.05, 0) is 33.6 Å². The first-order valence-corrected chi connectivity index (χ1v) is 7.75. The lowest BCUT2D eigenvalue weighted by Gasteiger charge is -2.22. The summed E-state index contributed by atoms with van der Waals surface area (Å²) in [6.07, 6.45) is -0.244. The van der Waals surface area contributed by atoms with Crippen molar-refractivity contribution in [1.29, 1.82) is 0 Å². The minimum atomic E-state index is -0.720. The number of ether oxygens (including phenoxy) is 2. The lowest BCUT2D eigenvalue weighted by molar-refractivity contribution is 0.143. The molecule has 3 N–H and O–H groups in total. The predicted molar refractivity (Wildman–Crippen MR) is 90.3 cm³/mol. The van der Waals surface area contributed by atoms with Gasteiger partial charge in [0.1, 0.15) is 11.5 Å². The van der Waals surface area contributed by atoms with Gasteiger partial charge < -0.3 is 20.3 Å². The molecule has 0 spiro atoms. The predicted octanol–water partition coefficient (Wildman–Crippen LogP) is 3.07. The normalized spacial score (nSPS) is 13.5. The number of aliphatic hydroxyl groups is 1. The Morgan fingerprint density at radius 3 is 2.32 bits per heavy atom. The summed E-state index contributed by atoms with van der Waals surface area (Å²) in [5, 5.41) is 10.4. The molecule has 0 unspecified atom stereocenters. The van der Waals surface area contributed by atoms with E-state index < -0.39 is 12.1 Å². The van der Waals surface area contributed by atoms with Crippen molar-refractivity contribution in [2.45, 2.75) is 18.6 Å². The highest BCUT2D eigenvalue weighted by Crippen LogP contribution is 2.36. The fraction of sp³-hybridized carbons (Fsp3) is 0.294. The molecule has 2 aromatic carbocycles. The summed E-state index contributed by atoms with van der Waals surface area (Å²) in [4.78, 5) is 0. The van der Waals surface area contributed by atoms with Crippen LogP contribution in [0.3, 0.4) is 0 Å². The highest BCUT2D eigenvalue weighted by atomic mass is 79.9. The molecule has 0 saturated heterocycles. The van der Waals surface area contributed by atoms with Gasteiger partial charge in [0.05, 0.1) is 30.8 Å². The molecule has 0 aromatic heterocycles. The molecule has 5 heteroatoms. The Morgan fingerprint density at radius 1 is 1.09 bits per heavy atom. The largest absolute Gasteiger partial charge is 0.496 e. The Balaban J connectivity index is 2.25. The fourth-order valence-corrected chi connectivity index (χ4v) is 2.82. The van der Waals surface area contributed by atoms with Crippen molar-refractivity contribution < 1.29 is 14.6 Å². The van der Waals surface area contributed by atoms with Gasteiger partial charge in [-0.3, -0.25) is 0 Å². The van der Waals surface area contributed by atoms with Crippen LogP contribution in [0.1, 0.15) is 17.2 Å². The number of aliphatic hydroxyl groups excluding tert-OH is 1. The van der Waals surface area contributed by atoms with E-state index in [9.17, 15) is 5.11 Å². The second kappa shape index (κ2) is 7.63. The molecular formula is C17H20BrNO3. The van der Waals surface area contributed by atoms with E-state index in [0.29, 0.717) is 23.5 Å². The summed E-state index contributed by atoms with van der Waals surface area (Å²) >= 11 is 3.41. The van der Waals surface area contributed by atoms with E-state index in [1.54, 1.807) is 26.4 Å². The van der Waals surface area contributed by atoms with E-state index in [2.05, 4.69) is 15.9 Å². The highest BCUT2D eigenvalue weighted by Gasteiger charge is 2.22. The van der Waals surface area contributed by atoms with Crippen LogP contribution in [0.15, 0.2) is 46.9 Å². The molecule has 0 aliphatic heterocycles. The summed E-state index contributed by atoms with van der Waals surface area (Å²) in [6, 6.07) is 12.8. The standard InChI is InChI=1S/C17H20BrNO3/c1-21-15-10-13(18)16(22-2)9-12(15)17(19)14(20)8-11-6-4-3-5-7-11/h3-7,9-10,14,17,20H,8,19H2,1-2H3/t14-,17+/m1/s1. The van der Waals surface area contributed by atoms with Gasteiger partial charge in [-0.2, -0.15) is 0 Å². The fourth-order valence-electron chi connectivity index (χ4n) is 2.33. The van der Waals surface area contributed by atoms with Crippen molar-refractivity contribution in [3.8, 4) is 11.5 Å². The van der Waals surface area contributed by atoms with Gasteiger partial charge in [0.15, 0.2) is 0 Å². The van der Waals surface area contributed by atoms with Crippen LogP contribution in [0.25, 0.3) is 0 Å². The van der Waals surface area contributed by atoms with Crippen molar-refractivity contribution in [1.82, 2.24) is 0 Å². The summed E-state index contributed by atoms with van der Waals surface area (Å²) in [5.41, 5.74) is 7.99. The molecule has 118 valence electrons. The van der Waals surface area contributed by atoms with E-state index in [-0.39, 0.29) is 0 Å². The lowest BCUT2D eigenvalue weighted by atomic mass is 9.96. The van der Waals surface area contributed by atoms with E-state index in [0.717, 1.165) is 10.0 Å². The Bertz CT molecular complexity index is 619. The van der Waals surface area contributed by atoms with Crippen LogP contribution in [0.2, 0.25) is 0 Å². The Hall–Kier alpha value is -1.56. The molecule has 0 fully saturated rings. The maximum absolute atomic E-state index is 10.4. The Labute approximate surface area is 139 Å². The first kappa shape index (κ1) is 16.8. The molecule has 0 bridgehead atoms. The molecule has 2 aromatic rings. The number of hydrogen-bond donors (Lipinski definition) is 2. The molecule has 0 amide bonds. The number of nitrogens with two attached hydrogens (primary N) is 1. The number of benzene rings is 2. The van der Waals surface area contributed by atoms with Crippen molar-refractivity contribution in [2.24, 2.45) is 5.73 Å². The highest BCUT2D eigenvalue weighted by molar-refractivity contribution is 9.10. The Kier molecular flexibility index (Phi) is 5.83.